The maximum absolute atomic E-state index is 5.47. The molecule has 0 N–H and O–H groups in total. The number of benzene rings is 1. The summed E-state index contributed by atoms with van der Waals surface area (Å²) in [6.07, 6.45) is 0. The quantitative estimate of drug-likeness (QED) is 0.759. The fourth-order valence-electron chi connectivity index (χ4n) is 2.06. The number of rotatable bonds is 2. The molecule has 2 heterocycles. The standard InChI is InChI=1S/C13H14IN3O2/c1-17-5-6-18-8-11(17)13-15-12(16-19-13)9-3-2-4-10(14)7-9/h2-4,7,11H,5-6,8H2,1H3. The van der Waals surface area contributed by atoms with Crippen LogP contribution in [-0.2, 0) is 4.74 Å². The molecule has 5 nitrogen and oxygen atoms in total. The average Bonchev–Trinajstić information content (AvgIpc) is 2.89. The minimum atomic E-state index is 0.0535. The van der Waals surface area contributed by atoms with Crippen molar-refractivity contribution in [3.05, 3.63) is 33.7 Å². The van der Waals surface area contributed by atoms with Crippen LogP contribution in [0.15, 0.2) is 28.8 Å². The molecule has 1 aromatic heterocycles. The van der Waals surface area contributed by atoms with E-state index in [1.54, 1.807) is 0 Å². The van der Waals surface area contributed by atoms with Gasteiger partial charge in [0, 0.05) is 15.7 Å². The molecular formula is C13H14IN3O2. The highest BCUT2D eigenvalue weighted by atomic mass is 127. The van der Waals surface area contributed by atoms with Crippen molar-refractivity contribution in [1.82, 2.24) is 15.0 Å². The van der Waals surface area contributed by atoms with Crippen LogP contribution >= 0.6 is 22.6 Å². The molecule has 1 aliphatic heterocycles. The molecule has 0 bridgehead atoms. The lowest BCUT2D eigenvalue weighted by molar-refractivity contribution is -0.00665. The first-order valence-corrected chi connectivity index (χ1v) is 7.19. The number of nitrogens with zero attached hydrogens (tertiary/aromatic N) is 3. The van der Waals surface area contributed by atoms with Gasteiger partial charge in [-0.3, -0.25) is 4.90 Å². The Bertz CT molecular complexity index is 573. The Morgan fingerprint density at radius 1 is 1.42 bits per heavy atom. The molecule has 1 atom stereocenters. The summed E-state index contributed by atoms with van der Waals surface area (Å²) in [6.45, 7) is 2.24. The van der Waals surface area contributed by atoms with Crippen molar-refractivity contribution in [3.8, 4) is 11.4 Å². The Kier molecular flexibility index (Phi) is 3.81. The van der Waals surface area contributed by atoms with Gasteiger partial charge >= 0.3 is 0 Å². The fourth-order valence-corrected chi connectivity index (χ4v) is 2.60. The second-order valence-electron chi connectivity index (χ2n) is 4.54. The van der Waals surface area contributed by atoms with E-state index in [-0.39, 0.29) is 6.04 Å². The number of likely N-dealkylation sites (N-methyl/N-ethyl adjacent to an activating group) is 1. The van der Waals surface area contributed by atoms with E-state index in [2.05, 4.69) is 37.6 Å². The summed E-state index contributed by atoms with van der Waals surface area (Å²) in [5, 5.41) is 4.07. The summed E-state index contributed by atoms with van der Waals surface area (Å²) in [5.74, 6) is 1.25. The lowest BCUT2D eigenvalue weighted by atomic mass is 10.2. The molecule has 1 aromatic carbocycles. The highest BCUT2D eigenvalue weighted by Crippen LogP contribution is 2.24. The number of aromatic nitrogens is 2. The van der Waals surface area contributed by atoms with Gasteiger partial charge in [-0.25, -0.2) is 0 Å². The molecule has 1 unspecified atom stereocenters. The van der Waals surface area contributed by atoms with E-state index in [9.17, 15) is 0 Å². The monoisotopic (exact) mass is 371 g/mol. The van der Waals surface area contributed by atoms with Crippen molar-refractivity contribution in [3.63, 3.8) is 0 Å². The van der Waals surface area contributed by atoms with Gasteiger partial charge in [-0.1, -0.05) is 17.3 Å². The van der Waals surface area contributed by atoms with Crippen molar-refractivity contribution in [2.45, 2.75) is 6.04 Å². The van der Waals surface area contributed by atoms with Crippen LogP contribution in [-0.4, -0.2) is 41.8 Å². The van der Waals surface area contributed by atoms with Gasteiger partial charge in [-0.15, -0.1) is 0 Å². The van der Waals surface area contributed by atoms with Crippen LogP contribution in [0.5, 0.6) is 0 Å². The van der Waals surface area contributed by atoms with E-state index >= 15 is 0 Å². The number of ether oxygens (including phenoxy) is 1. The molecule has 19 heavy (non-hydrogen) atoms. The van der Waals surface area contributed by atoms with Gasteiger partial charge in [-0.05, 0) is 41.8 Å². The number of hydrogen-bond donors (Lipinski definition) is 0. The molecule has 0 radical (unpaired) electrons. The predicted molar refractivity (Wildman–Crippen MR) is 78.6 cm³/mol. The van der Waals surface area contributed by atoms with Crippen LogP contribution in [0.3, 0.4) is 0 Å². The summed E-state index contributed by atoms with van der Waals surface area (Å²) in [5.41, 5.74) is 0.973. The number of hydrogen-bond acceptors (Lipinski definition) is 5. The van der Waals surface area contributed by atoms with Crippen molar-refractivity contribution >= 4 is 22.6 Å². The van der Waals surface area contributed by atoms with Crippen LogP contribution in [0, 0.1) is 3.57 Å². The van der Waals surface area contributed by atoms with Gasteiger partial charge in [0.05, 0.1) is 13.2 Å². The molecule has 6 heteroatoms. The Morgan fingerprint density at radius 2 is 2.32 bits per heavy atom. The van der Waals surface area contributed by atoms with E-state index in [1.807, 2.05) is 31.3 Å². The third-order valence-corrected chi connectivity index (χ3v) is 3.88. The molecule has 0 amide bonds. The molecule has 100 valence electrons. The molecular weight excluding hydrogens is 357 g/mol. The highest BCUT2D eigenvalue weighted by molar-refractivity contribution is 14.1. The summed E-state index contributed by atoms with van der Waals surface area (Å²) in [6, 6.07) is 8.10. The zero-order valence-electron chi connectivity index (χ0n) is 10.5. The Labute approximate surface area is 125 Å². The topological polar surface area (TPSA) is 51.4 Å². The molecule has 2 aromatic rings. The second kappa shape index (κ2) is 5.56. The van der Waals surface area contributed by atoms with Gasteiger partial charge in [-0.2, -0.15) is 4.98 Å². The number of morpholine rings is 1. The first-order valence-electron chi connectivity index (χ1n) is 6.11. The largest absolute Gasteiger partial charge is 0.378 e. The van der Waals surface area contributed by atoms with Gasteiger partial charge in [0.25, 0.3) is 0 Å². The molecule has 0 saturated carbocycles. The average molecular weight is 371 g/mol. The summed E-state index contributed by atoms with van der Waals surface area (Å²) in [4.78, 5) is 6.67. The van der Waals surface area contributed by atoms with Crippen LogP contribution in [0.4, 0.5) is 0 Å². The maximum atomic E-state index is 5.47. The van der Waals surface area contributed by atoms with E-state index in [1.165, 1.54) is 0 Å². The fraction of sp³-hybridized carbons (Fsp3) is 0.385. The molecule has 1 aliphatic rings. The van der Waals surface area contributed by atoms with Crippen molar-refractivity contribution in [1.29, 1.82) is 0 Å². The second-order valence-corrected chi connectivity index (χ2v) is 5.78. The van der Waals surface area contributed by atoms with Gasteiger partial charge in [0.2, 0.25) is 11.7 Å². The first kappa shape index (κ1) is 13.0. The zero-order valence-corrected chi connectivity index (χ0v) is 12.7. The summed E-state index contributed by atoms with van der Waals surface area (Å²) in [7, 11) is 2.04. The summed E-state index contributed by atoms with van der Waals surface area (Å²) < 4.78 is 12.0. The molecule has 1 fully saturated rings. The minimum Gasteiger partial charge on any atom is -0.378 e. The van der Waals surface area contributed by atoms with Crippen LogP contribution < -0.4 is 0 Å². The molecule has 1 saturated heterocycles. The predicted octanol–water partition coefficient (Wildman–Crippen LogP) is 2.34. The minimum absolute atomic E-state index is 0.0535. The smallest absolute Gasteiger partial charge is 0.246 e. The zero-order chi connectivity index (χ0) is 13.2. The molecule has 3 rings (SSSR count). The lowest BCUT2D eigenvalue weighted by Gasteiger charge is -2.29. The maximum Gasteiger partial charge on any atom is 0.246 e. The normalized spacial score (nSPS) is 20.6. The summed E-state index contributed by atoms with van der Waals surface area (Å²) >= 11 is 2.27. The third kappa shape index (κ3) is 2.80. The van der Waals surface area contributed by atoms with Gasteiger partial charge < -0.3 is 9.26 Å². The number of halogens is 1. The van der Waals surface area contributed by atoms with E-state index in [4.69, 9.17) is 9.26 Å². The van der Waals surface area contributed by atoms with Crippen LogP contribution in [0.25, 0.3) is 11.4 Å². The van der Waals surface area contributed by atoms with Crippen LogP contribution in [0.1, 0.15) is 11.9 Å². The van der Waals surface area contributed by atoms with Crippen LogP contribution in [0.2, 0.25) is 0 Å². The van der Waals surface area contributed by atoms with Crippen molar-refractivity contribution in [2.24, 2.45) is 0 Å². The Balaban J connectivity index is 1.86. The Morgan fingerprint density at radius 3 is 3.11 bits per heavy atom. The van der Waals surface area contributed by atoms with Crippen molar-refractivity contribution < 1.29 is 9.26 Å². The SMILES string of the molecule is CN1CCOCC1c1nc(-c2cccc(I)c2)no1. The van der Waals surface area contributed by atoms with E-state index in [0.29, 0.717) is 18.3 Å². The highest BCUT2D eigenvalue weighted by Gasteiger charge is 2.26. The van der Waals surface area contributed by atoms with Gasteiger partial charge in [0.1, 0.15) is 6.04 Å². The molecule has 0 spiro atoms. The van der Waals surface area contributed by atoms with E-state index in [0.717, 1.165) is 22.3 Å². The first-order chi connectivity index (χ1) is 9.24. The van der Waals surface area contributed by atoms with Gasteiger partial charge in [0.15, 0.2) is 0 Å². The van der Waals surface area contributed by atoms with Crippen molar-refractivity contribution in [2.75, 3.05) is 26.8 Å². The Hall–Kier alpha value is -0.990. The third-order valence-electron chi connectivity index (χ3n) is 3.21. The molecule has 0 aliphatic carbocycles. The lowest BCUT2D eigenvalue weighted by Crippen LogP contribution is -2.36. The van der Waals surface area contributed by atoms with E-state index < -0.39 is 0 Å².